The van der Waals surface area contributed by atoms with E-state index in [2.05, 4.69) is 30.3 Å². The number of thioether (sulfide) groups is 1. The maximum Gasteiger partial charge on any atom is 0.0540 e. The Labute approximate surface area is 184 Å². The molecule has 0 aliphatic heterocycles. The van der Waals surface area contributed by atoms with E-state index < -0.39 is 0 Å². The third-order valence-electron chi connectivity index (χ3n) is 5.62. The number of rotatable bonds is 21. The minimum absolute atomic E-state index is 0.0936. The Hall–Kier alpha value is -0.510. The molecule has 0 spiro atoms. The lowest BCUT2D eigenvalue weighted by Crippen LogP contribution is -2.06. The number of benzene rings is 1. The first kappa shape index (κ1) is 26.5. The van der Waals surface area contributed by atoms with Gasteiger partial charge in [0.05, 0.1) is 6.10 Å². The Kier molecular flexibility index (Phi) is 19.0. The first-order chi connectivity index (χ1) is 14.3. The maximum atomic E-state index is 10.1. The second-order valence-corrected chi connectivity index (χ2v) is 9.62. The minimum Gasteiger partial charge on any atom is -0.396 e. The Morgan fingerprint density at radius 3 is 1.83 bits per heavy atom. The fraction of sp³-hybridized carbons (Fsp3) is 0.769. The van der Waals surface area contributed by atoms with Crippen molar-refractivity contribution in [3.05, 3.63) is 35.9 Å². The molecule has 2 nitrogen and oxygen atoms in total. The molecule has 1 aromatic carbocycles. The van der Waals surface area contributed by atoms with E-state index in [4.69, 9.17) is 5.11 Å². The van der Waals surface area contributed by atoms with Gasteiger partial charge >= 0.3 is 0 Å². The van der Waals surface area contributed by atoms with Crippen LogP contribution in [0.2, 0.25) is 0 Å². The molecular formula is C26H46O2S. The van der Waals surface area contributed by atoms with E-state index in [9.17, 15) is 5.11 Å². The molecule has 1 atom stereocenters. The lowest BCUT2D eigenvalue weighted by atomic mass is 10.0. The topological polar surface area (TPSA) is 40.5 Å². The van der Waals surface area contributed by atoms with Gasteiger partial charge in [0, 0.05) is 6.61 Å². The van der Waals surface area contributed by atoms with Crippen molar-refractivity contribution in [2.75, 3.05) is 18.1 Å². The normalized spacial score (nSPS) is 12.3. The van der Waals surface area contributed by atoms with E-state index in [0.29, 0.717) is 6.61 Å². The van der Waals surface area contributed by atoms with Gasteiger partial charge in [0.25, 0.3) is 0 Å². The average molecular weight is 423 g/mol. The quantitative estimate of drug-likeness (QED) is 0.206. The Morgan fingerprint density at radius 2 is 1.17 bits per heavy atom. The molecule has 0 saturated heterocycles. The van der Waals surface area contributed by atoms with Crippen LogP contribution in [0.5, 0.6) is 0 Å². The molecule has 0 fully saturated rings. The molecule has 0 bridgehead atoms. The fourth-order valence-electron chi connectivity index (χ4n) is 3.75. The molecule has 2 N–H and O–H groups in total. The van der Waals surface area contributed by atoms with Crippen LogP contribution in [0.3, 0.4) is 0 Å². The second-order valence-electron chi connectivity index (χ2n) is 8.40. The van der Waals surface area contributed by atoms with Crippen molar-refractivity contribution in [1.82, 2.24) is 0 Å². The van der Waals surface area contributed by atoms with Gasteiger partial charge in [-0.3, -0.25) is 0 Å². The monoisotopic (exact) mass is 422 g/mol. The van der Waals surface area contributed by atoms with Crippen LogP contribution in [0.25, 0.3) is 0 Å². The molecule has 0 saturated carbocycles. The van der Waals surface area contributed by atoms with Crippen molar-refractivity contribution in [3.8, 4) is 0 Å². The summed E-state index contributed by atoms with van der Waals surface area (Å²) in [5.41, 5.74) is 1.48. The summed E-state index contributed by atoms with van der Waals surface area (Å²) in [5.74, 6) is 2.29. The fourth-order valence-corrected chi connectivity index (χ4v) is 4.73. The Morgan fingerprint density at radius 1 is 0.621 bits per heavy atom. The van der Waals surface area contributed by atoms with Crippen LogP contribution in [0.15, 0.2) is 30.3 Å². The van der Waals surface area contributed by atoms with Crippen molar-refractivity contribution >= 4 is 11.8 Å². The van der Waals surface area contributed by atoms with Gasteiger partial charge < -0.3 is 10.2 Å². The highest BCUT2D eigenvalue weighted by Gasteiger charge is 2.04. The zero-order chi connectivity index (χ0) is 20.8. The predicted octanol–water partition coefficient (Wildman–Crippen LogP) is 7.17. The van der Waals surface area contributed by atoms with Gasteiger partial charge in [-0.15, -0.1) is 0 Å². The standard InChI is InChI=1S/C26H46O2S/c27-22-14-15-23-29-24-16-21-26(28)20-13-8-6-4-2-1-3-5-7-10-17-25-18-11-9-12-19-25/h9,11-12,18-19,26-28H,1-8,10,13-17,20-24H2. The van der Waals surface area contributed by atoms with Gasteiger partial charge in [-0.25, -0.2) is 0 Å². The van der Waals surface area contributed by atoms with E-state index in [-0.39, 0.29) is 6.10 Å². The summed E-state index contributed by atoms with van der Waals surface area (Å²) in [6.07, 6.45) is 19.7. The van der Waals surface area contributed by atoms with Gasteiger partial charge in [0.1, 0.15) is 0 Å². The molecule has 1 rings (SSSR count). The van der Waals surface area contributed by atoms with Crippen LogP contribution in [0, 0.1) is 0 Å². The molecule has 0 heterocycles. The van der Waals surface area contributed by atoms with Crippen LogP contribution in [0.1, 0.15) is 102 Å². The number of hydrogen-bond acceptors (Lipinski definition) is 3. The van der Waals surface area contributed by atoms with Crippen LogP contribution in [-0.2, 0) is 6.42 Å². The van der Waals surface area contributed by atoms with Crippen molar-refractivity contribution in [2.45, 2.75) is 109 Å². The number of hydrogen-bond donors (Lipinski definition) is 2. The highest BCUT2D eigenvalue weighted by atomic mass is 32.2. The summed E-state index contributed by atoms with van der Waals surface area (Å²) in [4.78, 5) is 0. The van der Waals surface area contributed by atoms with Crippen LogP contribution in [0.4, 0.5) is 0 Å². The van der Waals surface area contributed by atoms with Crippen molar-refractivity contribution in [1.29, 1.82) is 0 Å². The molecule has 0 amide bonds. The molecule has 0 aliphatic carbocycles. The van der Waals surface area contributed by atoms with Crippen LogP contribution in [-0.4, -0.2) is 34.4 Å². The van der Waals surface area contributed by atoms with Crippen molar-refractivity contribution in [2.24, 2.45) is 0 Å². The van der Waals surface area contributed by atoms with Gasteiger partial charge in [-0.05, 0) is 62.0 Å². The molecule has 0 aliphatic rings. The van der Waals surface area contributed by atoms with Crippen LogP contribution < -0.4 is 0 Å². The first-order valence-electron chi connectivity index (χ1n) is 12.2. The molecule has 168 valence electrons. The number of aryl methyl sites for hydroxylation is 1. The van der Waals surface area contributed by atoms with Gasteiger partial charge in [0.15, 0.2) is 0 Å². The zero-order valence-electron chi connectivity index (χ0n) is 18.7. The van der Waals surface area contributed by atoms with E-state index >= 15 is 0 Å². The Bertz CT molecular complexity index is 438. The third-order valence-corrected chi connectivity index (χ3v) is 6.77. The summed E-state index contributed by atoms with van der Waals surface area (Å²) in [6.45, 7) is 0.314. The highest BCUT2D eigenvalue weighted by molar-refractivity contribution is 7.99. The summed E-state index contributed by atoms with van der Waals surface area (Å²) in [5, 5.41) is 18.8. The van der Waals surface area contributed by atoms with Crippen molar-refractivity contribution in [3.63, 3.8) is 0 Å². The zero-order valence-corrected chi connectivity index (χ0v) is 19.5. The summed E-state index contributed by atoms with van der Waals surface area (Å²) in [7, 11) is 0. The van der Waals surface area contributed by atoms with E-state index in [1.807, 2.05) is 11.8 Å². The van der Waals surface area contributed by atoms with E-state index in [1.54, 1.807) is 0 Å². The lowest BCUT2D eigenvalue weighted by Gasteiger charge is -2.10. The molecule has 1 aromatic rings. The molecular weight excluding hydrogens is 376 g/mol. The molecule has 0 aromatic heterocycles. The summed E-state index contributed by atoms with van der Waals surface area (Å²) >= 11 is 1.96. The predicted molar refractivity (Wildman–Crippen MR) is 130 cm³/mol. The minimum atomic E-state index is -0.0936. The molecule has 29 heavy (non-hydrogen) atoms. The van der Waals surface area contributed by atoms with Crippen molar-refractivity contribution < 1.29 is 10.2 Å². The van der Waals surface area contributed by atoms with E-state index in [0.717, 1.165) is 43.6 Å². The van der Waals surface area contributed by atoms with Crippen LogP contribution >= 0.6 is 11.8 Å². The first-order valence-corrected chi connectivity index (χ1v) is 13.4. The highest BCUT2D eigenvalue weighted by Crippen LogP contribution is 2.15. The van der Waals surface area contributed by atoms with Gasteiger partial charge in [-0.1, -0.05) is 88.1 Å². The smallest absolute Gasteiger partial charge is 0.0540 e. The SMILES string of the molecule is OCCCCSCCCC(O)CCCCCCCCCCCCc1ccccc1. The summed E-state index contributed by atoms with van der Waals surface area (Å²) in [6, 6.07) is 10.8. The average Bonchev–Trinajstić information content (AvgIpc) is 2.74. The lowest BCUT2D eigenvalue weighted by molar-refractivity contribution is 0.150. The molecule has 1 unspecified atom stereocenters. The number of aliphatic hydroxyl groups excluding tert-OH is 2. The van der Waals surface area contributed by atoms with Gasteiger partial charge in [-0.2, -0.15) is 11.8 Å². The van der Waals surface area contributed by atoms with E-state index in [1.165, 1.54) is 76.2 Å². The Balaban J connectivity index is 1.74. The number of unbranched alkanes of at least 4 members (excludes halogenated alkanes) is 10. The summed E-state index contributed by atoms with van der Waals surface area (Å²) < 4.78 is 0. The van der Waals surface area contributed by atoms with Gasteiger partial charge in [0.2, 0.25) is 0 Å². The third kappa shape index (κ3) is 18.0. The molecule has 0 radical (unpaired) electrons. The maximum absolute atomic E-state index is 10.1. The number of aliphatic hydroxyl groups is 2. The largest absolute Gasteiger partial charge is 0.396 e. The second kappa shape index (κ2) is 20.8. The molecule has 3 heteroatoms.